The smallest absolute Gasteiger partial charge is 0.0874 e. The molecule has 0 aromatic heterocycles. The van der Waals surface area contributed by atoms with E-state index in [9.17, 15) is 0 Å². The van der Waals surface area contributed by atoms with Crippen LogP contribution in [0.2, 0.25) is 0 Å². The second-order valence-corrected chi connectivity index (χ2v) is 6.51. The Bertz CT molecular complexity index is 266. The normalized spacial score (nSPS) is 9.79. The SMILES string of the molecule is CC(N)c1cccc[c]1[Sn+3].CC[S-].CC[S-].CC[S-]. The zero-order chi connectivity index (χ0) is 15.7. The van der Waals surface area contributed by atoms with Crippen LogP contribution < -0.4 is 9.31 Å². The van der Waals surface area contributed by atoms with Crippen molar-refractivity contribution in [2.24, 2.45) is 5.73 Å². The van der Waals surface area contributed by atoms with Gasteiger partial charge in [-0.3, -0.25) is 0 Å². The van der Waals surface area contributed by atoms with E-state index in [1.54, 1.807) is 0 Å². The minimum absolute atomic E-state index is 0.176. The summed E-state index contributed by atoms with van der Waals surface area (Å²) in [5.74, 6) is 2.50. The summed E-state index contributed by atoms with van der Waals surface area (Å²) in [5.41, 5.74) is 7.01. The zero-order valence-electron chi connectivity index (χ0n) is 12.3. The van der Waals surface area contributed by atoms with Gasteiger partial charge >= 0.3 is 74.6 Å². The third kappa shape index (κ3) is 21.5. The van der Waals surface area contributed by atoms with Gasteiger partial charge in [-0.2, -0.15) is 17.3 Å². The largest absolute Gasteiger partial charge is 0.793 e. The summed E-state index contributed by atoms with van der Waals surface area (Å²) in [5, 5.41) is 0. The van der Waals surface area contributed by atoms with E-state index >= 15 is 0 Å². The van der Waals surface area contributed by atoms with Crippen molar-refractivity contribution in [3.8, 4) is 0 Å². The van der Waals surface area contributed by atoms with Gasteiger partial charge in [0.05, 0.1) is 0 Å². The van der Waals surface area contributed by atoms with Gasteiger partial charge in [-0.05, 0) is 0 Å². The summed E-state index contributed by atoms with van der Waals surface area (Å²) in [6, 6.07) is 8.48. The number of hydrogen-bond acceptors (Lipinski definition) is 4. The summed E-state index contributed by atoms with van der Waals surface area (Å²) in [6.07, 6.45) is 0. The molecular weight excluding hydrogens is 397 g/mol. The van der Waals surface area contributed by atoms with Gasteiger partial charge in [-0.25, -0.2) is 0 Å². The van der Waals surface area contributed by atoms with Crippen LogP contribution in [0.1, 0.15) is 39.3 Å². The van der Waals surface area contributed by atoms with Crippen LogP contribution >= 0.6 is 0 Å². The molecule has 2 N–H and O–H groups in total. The molecule has 0 aliphatic heterocycles. The molecule has 0 saturated carbocycles. The van der Waals surface area contributed by atoms with Gasteiger partial charge in [0.15, 0.2) is 0 Å². The molecule has 0 amide bonds. The van der Waals surface area contributed by atoms with Gasteiger partial charge in [0.2, 0.25) is 0 Å². The first-order valence-corrected chi connectivity index (χ1v) is 9.42. The van der Waals surface area contributed by atoms with Crippen molar-refractivity contribution in [1.82, 2.24) is 0 Å². The second kappa shape index (κ2) is 21.3. The molecule has 0 heterocycles. The van der Waals surface area contributed by atoms with E-state index in [-0.39, 0.29) is 6.04 Å². The molecule has 1 atom stereocenters. The van der Waals surface area contributed by atoms with E-state index in [0.29, 0.717) is 0 Å². The molecule has 0 fully saturated rings. The fourth-order valence-electron chi connectivity index (χ4n) is 0.894. The van der Waals surface area contributed by atoms with Crippen molar-refractivity contribution in [3.05, 3.63) is 29.8 Å². The Morgan fingerprint density at radius 3 is 1.53 bits per heavy atom. The Hall–Kier alpha value is 1.03. The molecule has 0 aliphatic rings. The molecule has 1 aromatic rings. The van der Waals surface area contributed by atoms with E-state index in [1.165, 1.54) is 31.7 Å². The molecule has 1 rings (SSSR count). The zero-order valence-corrected chi connectivity index (χ0v) is 17.6. The minimum atomic E-state index is 0.176. The predicted octanol–water partition coefficient (Wildman–Crippen LogP) is 2.16. The van der Waals surface area contributed by atoms with Crippen LogP contribution in [0.3, 0.4) is 0 Å². The molecule has 19 heavy (non-hydrogen) atoms. The molecule has 5 heteroatoms. The Morgan fingerprint density at radius 2 is 1.32 bits per heavy atom. The molecule has 0 saturated heterocycles. The molecule has 0 bridgehead atoms. The average molecular weight is 422 g/mol. The monoisotopic (exact) mass is 423 g/mol. The molecule has 0 radical (unpaired) electrons. The van der Waals surface area contributed by atoms with Crippen molar-refractivity contribution in [3.63, 3.8) is 0 Å². The maximum absolute atomic E-state index is 5.73. The van der Waals surface area contributed by atoms with E-state index in [1.807, 2.05) is 33.8 Å². The number of hydrogen-bond donors (Lipinski definition) is 1. The van der Waals surface area contributed by atoms with E-state index in [4.69, 9.17) is 5.73 Å². The summed E-state index contributed by atoms with van der Waals surface area (Å²) >= 11 is 14.6. The van der Waals surface area contributed by atoms with Crippen LogP contribution in [0.5, 0.6) is 0 Å². The molecule has 0 spiro atoms. The second-order valence-electron chi connectivity index (χ2n) is 3.24. The molecule has 0 aliphatic carbocycles. The van der Waals surface area contributed by atoms with E-state index in [2.05, 4.69) is 56.1 Å². The van der Waals surface area contributed by atoms with Crippen molar-refractivity contribution >= 4 is 64.0 Å². The third-order valence-electron chi connectivity index (χ3n) is 1.45. The van der Waals surface area contributed by atoms with E-state index in [0.717, 1.165) is 17.3 Å². The summed E-state index contributed by atoms with van der Waals surface area (Å²) < 4.78 is 1.37. The molecule has 1 aromatic carbocycles. The van der Waals surface area contributed by atoms with E-state index < -0.39 is 0 Å². The van der Waals surface area contributed by atoms with Gasteiger partial charge in [-0.1, -0.05) is 20.8 Å². The Kier molecular flexibility index (Phi) is 28.1. The van der Waals surface area contributed by atoms with Gasteiger partial charge in [0.1, 0.15) is 0 Å². The van der Waals surface area contributed by atoms with Crippen molar-refractivity contribution in [2.75, 3.05) is 17.3 Å². The van der Waals surface area contributed by atoms with Gasteiger partial charge in [0, 0.05) is 0 Å². The maximum atomic E-state index is 5.73. The third-order valence-corrected chi connectivity index (χ3v) is 2.75. The summed E-state index contributed by atoms with van der Waals surface area (Å²) in [4.78, 5) is 0. The minimum Gasteiger partial charge on any atom is -0.793 e. The van der Waals surface area contributed by atoms with Crippen LogP contribution in [-0.2, 0) is 37.9 Å². The van der Waals surface area contributed by atoms with Gasteiger partial charge in [-0.15, -0.1) is 0 Å². The van der Waals surface area contributed by atoms with Crippen LogP contribution in [-0.4, -0.2) is 39.8 Å². The van der Waals surface area contributed by atoms with Crippen LogP contribution in [0.4, 0.5) is 0 Å². The Labute approximate surface area is 149 Å². The topological polar surface area (TPSA) is 26.0 Å². The quantitative estimate of drug-likeness (QED) is 0.555. The van der Waals surface area contributed by atoms with Crippen LogP contribution in [0.25, 0.3) is 0 Å². The maximum Gasteiger partial charge on any atom is -0.0874 e. The summed E-state index contributed by atoms with van der Waals surface area (Å²) in [7, 11) is 0. The first kappa shape index (κ1) is 25.0. The molecule has 108 valence electrons. The first-order valence-electron chi connectivity index (χ1n) is 6.26. The van der Waals surface area contributed by atoms with Gasteiger partial charge in [0.25, 0.3) is 0 Å². The Morgan fingerprint density at radius 1 is 1.00 bits per heavy atom. The van der Waals surface area contributed by atoms with Crippen LogP contribution in [0, 0.1) is 0 Å². The average Bonchev–Trinajstić information content (AvgIpc) is 2.32. The molecule has 1 nitrogen and oxygen atoms in total. The summed E-state index contributed by atoms with van der Waals surface area (Å²) in [6.45, 7) is 7.84. The number of rotatable bonds is 1. The van der Waals surface area contributed by atoms with Crippen LogP contribution in [0.15, 0.2) is 24.3 Å². The standard InChI is InChI=1S/C8H10N.3C2H6S.Sn/c1-7(9)8-5-3-2-4-6-8;3*1-2-3;/h2-5,7H,9H2,1H3;3*3H,2H2,1H3;/q;;;;+3/p-3. The molecule has 1 unspecified atom stereocenters. The van der Waals surface area contributed by atoms with Gasteiger partial charge < -0.3 is 37.9 Å². The number of benzene rings is 1. The van der Waals surface area contributed by atoms with Crippen molar-refractivity contribution < 1.29 is 0 Å². The molecular formula is C14H25NS3Sn. The Balaban J connectivity index is -0.000000238. The predicted molar refractivity (Wildman–Crippen MR) is 98.2 cm³/mol. The fraction of sp³-hybridized carbons (Fsp3) is 0.571. The van der Waals surface area contributed by atoms with Crippen molar-refractivity contribution in [1.29, 1.82) is 0 Å². The number of nitrogens with two attached hydrogens (primary N) is 1. The first-order chi connectivity index (χ1) is 8.96. The fourth-order valence-corrected chi connectivity index (χ4v) is 2.06. The van der Waals surface area contributed by atoms with Crippen molar-refractivity contribution in [2.45, 2.75) is 33.7 Å².